The van der Waals surface area contributed by atoms with Crippen LogP contribution in [-0.2, 0) is 11.3 Å². The highest BCUT2D eigenvalue weighted by molar-refractivity contribution is 5.85. The number of hydrogen-bond acceptors (Lipinski definition) is 1. The molecule has 84 valence electrons. The third-order valence-electron chi connectivity index (χ3n) is 3.39. The molecule has 2 nitrogen and oxygen atoms in total. The van der Waals surface area contributed by atoms with E-state index >= 15 is 0 Å². The minimum Gasteiger partial charge on any atom is -0.371 e. The molecule has 0 bridgehead atoms. The van der Waals surface area contributed by atoms with Crippen molar-refractivity contribution in [3.8, 4) is 0 Å². The fourth-order valence-electron chi connectivity index (χ4n) is 2.23. The number of rotatable bonds is 2. The molecule has 3 heteroatoms. The molecule has 0 N–H and O–H groups in total. The first-order chi connectivity index (χ1) is 7.66. The van der Waals surface area contributed by atoms with Crippen LogP contribution in [0.4, 0.5) is 4.39 Å². The van der Waals surface area contributed by atoms with Crippen molar-refractivity contribution in [3.05, 3.63) is 35.3 Å². The van der Waals surface area contributed by atoms with E-state index in [9.17, 15) is 4.39 Å². The molecular formula is C13H14FNO. The lowest BCUT2D eigenvalue weighted by molar-refractivity contribution is 0.384. The Morgan fingerprint density at radius 3 is 2.88 bits per heavy atom. The van der Waals surface area contributed by atoms with E-state index < -0.39 is 0 Å². The van der Waals surface area contributed by atoms with Gasteiger partial charge in [0.25, 0.3) is 0 Å². The zero-order chi connectivity index (χ0) is 11.3. The van der Waals surface area contributed by atoms with Crippen molar-refractivity contribution >= 4 is 10.9 Å². The van der Waals surface area contributed by atoms with Crippen LogP contribution in [0.15, 0.2) is 18.2 Å². The van der Waals surface area contributed by atoms with Gasteiger partial charge in [0.2, 0.25) is 0 Å². The molecule has 1 aromatic carbocycles. The van der Waals surface area contributed by atoms with Crippen molar-refractivity contribution in [3.63, 3.8) is 0 Å². The minimum absolute atomic E-state index is 0.171. The van der Waals surface area contributed by atoms with Gasteiger partial charge >= 0.3 is 0 Å². The molecule has 0 spiro atoms. The van der Waals surface area contributed by atoms with Gasteiger partial charge in [0.15, 0.2) is 0 Å². The molecule has 0 amide bonds. The number of ether oxygens (including phenoxy) is 1. The van der Waals surface area contributed by atoms with E-state index in [-0.39, 0.29) is 5.82 Å². The molecular weight excluding hydrogens is 205 g/mol. The zero-order valence-electron chi connectivity index (χ0n) is 9.46. The average molecular weight is 219 g/mol. The van der Waals surface area contributed by atoms with Gasteiger partial charge in [-0.2, -0.15) is 0 Å². The van der Waals surface area contributed by atoms with Crippen LogP contribution >= 0.6 is 0 Å². The lowest BCUT2D eigenvalue weighted by Gasteiger charge is -2.05. The van der Waals surface area contributed by atoms with Crippen molar-refractivity contribution < 1.29 is 9.13 Å². The molecule has 1 aromatic heterocycles. The largest absolute Gasteiger partial charge is 0.371 e. The number of epoxide rings is 1. The van der Waals surface area contributed by atoms with E-state index in [1.165, 1.54) is 11.8 Å². The Morgan fingerprint density at radius 2 is 2.19 bits per heavy atom. The van der Waals surface area contributed by atoms with Gasteiger partial charge in [0, 0.05) is 16.6 Å². The SMILES string of the molecule is Cc1c(C)n(CC2CO2)c2ccc(F)cc12. The summed E-state index contributed by atoms with van der Waals surface area (Å²) in [4.78, 5) is 0. The summed E-state index contributed by atoms with van der Waals surface area (Å²) >= 11 is 0. The molecule has 1 aliphatic heterocycles. The van der Waals surface area contributed by atoms with Crippen LogP contribution in [0.25, 0.3) is 10.9 Å². The Bertz CT molecular complexity index is 555. The highest BCUT2D eigenvalue weighted by atomic mass is 19.1. The summed E-state index contributed by atoms with van der Waals surface area (Å²) in [5.74, 6) is -0.171. The molecule has 0 aliphatic carbocycles. The topological polar surface area (TPSA) is 17.5 Å². The molecule has 3 rings (SSSR count). The molecule has 0 saturated carbocycles. The Kier molecular flexibility index (Phi) is 2.04. The summed E-state index contributed by atoms with van der Waals surface area (Å²) in [5, 5.41) is 1.01. The molecule has 0 radical (unpaired) electrons. The second-order valence-corrected chi connectivity index (χ2v) is 4.44. The molecule has 1 aliphatic rings. The minimum atomic E-state index is -0.171. The lowest BCUT2D eigenvalue weighted by Crippen LogP contribution is -2.05. The van der Waals surface area contributed by atoms with Crippen LogP contribution in [0, 0.1) is 19.7 Å². The summed E-state index contributed by atoms with van der Waals surface area (Å²) in [6, 6.07) is 4.99. The highest BCUT2D eigenvalue weighted by Crippen LogP contribution is 2.27. The first-order valence-corrected chi connectivity index (χ1v) is 5.53. The molecule has 2 aromatic rings. The predicted octanol–water partition coefficient (Wildman–Crippen LogP) is 2.80. The van der Waals surface area contributed by atoms with Crippen LogP contribution in [-0.4, -0.2) is 17.3 Å². The van der Waals surface area contributed by atoms with Crippen molar-refractivity contribution in [2.24, 2.45) is 0 Å². The maximum Gasteiger partial charge on any atom is 0.123 e. The van der Waals surface area contributed by atoms with Crippen LogP contribution in [0.1, 0.15) is 11.3 Å². The molecule has 16 heavy (non-hydrogen) atoms. The van der Waals surface area contributed by atoms with Gasteiger partial charge in [-0.15, -0.1) is 0 Å². The molecule has 1 atom stereocenters. The molecule has 1 unspecified atom stereocenters. The summed E-state index contributed by atoms with van der Waals surface area (Å²) < 4.78 is 20.7. The summed E-state index contributed by atoms with van der Waals surface area (Å²) in [6.07, 6.45) is 0.346. The van der Waals surface area contributed by atoms with Crippen LogP contribution in [0.3, 0.4) is 0 Å². The fourth-order valence-corrected chi connectivity index (χ4v) is 2.23. The number of aromatic nitrogens is 1. The maximum absolute atomic E-state index is 13.2. The van der Waals surface area contributed by atoms with Crippen LogP contribution in [0.5, 0.6) is 0 Å². The second kappa shape index (κ2) is 3.32. The monoisotopic (exact) mass is 219 g/mol. The van der Waals surface area contributed by atoms with Gasteiger partial charge in [-0.25, -0.2) is 4.39 Å². The maximum atomic E-state index is 13.2. The Hall–Kier alpha value is -1.35. The second-order valence-electron chi connectivity index (χ2n) is 4.44. The van der Waals surface area contributed by atoms with E-state index in [1.54, 1.807) is 6.07 Å². The lowest BCUT2D eigenvalue weighted by atomic mass is 10.1. The Labute approximate surface area is 93.6 Å². The van der Waals surface area contributed by atoms with Crippen molar-refractivity contribution in [2.45, 2.75) is 26.5 Å². The van der Waals surface area contributed by atoms with Gasteiger partial charge in [0.1, 0.15) is 5.82 Å². The summed E-state index contributed by atoms with van der Waals surface area (Å²) in [7, 11) is 0. The first-order valence-electron chi connectivity index (χ1n) is 5.53. The van der Waals surface area contributed by atoms with Crippen molar-refractivity contribution in [2.75, 3.05) is 6.61 Å². The van der Waals surface area contributed by atoms with E-state index in [4.69, 9.17) is 4.74 Å². The van der Waals surface area contributed by atoms with Crippen LogP contribution in [0.2, 0.25) is 0 Å². The predicted molar refractivity (Wildman–Crippen MR) is 61.1 cm³/mol. The Balaban J connectivity index is 2.21. The van der Waals surface area contributed by atoms with Crippen LogP contribution < -0.4 is 0 Å². The van der Waals surface area contributed by atoms with Gasteiger partial charge in [-0.1, -0.05) is 0 Å². The summed E-state index contributed by atoms with van der Waals surface area (Å²) in [6.45, 7) is 5.85. The third-order valence-corrected chi connectivity index (χ3v) is 3.39. The normalized spacial score (nSPS) is 19.3. The number of halogens is 1. The number of benzene rings is 1. The van der Waals surface area contributed by atoms with E-state index in [0.717, 1.165) is 29.6 Å². The molecule has 2 heterocycles. The number of fused-ring (bicyclic) bond motifs is 1. The first kappa shape index (κ1) is 9.85. The fraction of sp³-hybridized carbons (Fsp3) is 0.385. The van der Waals surface area contributed by atoms with E-state index in [0.29, 0.717) is 6.10 Å². The van der Waals surface area contributed by atoms with Gasteiger partial charge < -0.3 is 9.30 Å². The van der Waals surface area contributed by atoms with Gasteiger partial charge in [0.05, 0.1) is 19.3 Å². The summed E-state index contributed by atoms with van der Waals surface area (Å²) in [5.41, 5.74) is 3.47. The highest BCUT2D eigenvalue weighted by Gasteiger charge is 2.24. The van der Waals surface area contributed by atoms with Gasteiger partial charge in [-0.05, 0) is 37.6 Å². The van der Waals surface area contributed by atoms with E-state index in [2.05, 4.69) is 11.5 Å². The van der Waals surface area contributed by atoms with Crippen molar-refractivity contribution in [1.82, 2.24) is 4.57 Å². The smallest absolute Gasteiger partial charge is 0.123 e. The molecule has 1 saturated heterocycles. The number of hydrogen-bond donors (Lipinski definition) is 0. The number of nitrogens with zero attached hydrogens (tertiary/aromatic N) is 1. The van der Waals surface area contributed by atoms with Crippen molar-refractivity contribution in [1.29, 1.82) is 0 Å². The average Bonchev–Trinajstić information content (AvgIpc) is 3.04. The molecule has 1 fully saturated rings. The Morgan fingerprint density at radius 1 is 1.44 bits per heavy atom. The van der Waals surface area contributed by atoms with E-state index in [1.807, 2.05) is 13.0 Å². The quantitative estimate of drug-likeness (QED) is 0.710. The third kappa shape index (κ3) is 1.43. The van der Waals surface area contributed by atoms with Gasteiger partial charge in [-0.3, -0.25) is 0 Å². The standard InChI is InChI=1S/C13H14FNO/c1-8-9(2)15(6-11-7-16-11)13-4-3-10(14)5-12(8)13/h3-5,11H,6-7H2,1-2H3. The zero-order valence-corrected chi connectivity index (χ0v) is 9.46. The number of aryl methyl sites for hydroxylation is 1.